The van der Waals surface area contributed by atoms with Crippen LogP contribution in [0.2, 0.25) is 5.02 Å². The predicted molar refractivity (Wildman–Crippen MR) is 53.7 cm³/mol. The molecule has 0 radical (unpaired) electrons. The smallest absolute Gasteiger partial charge is 0.207 e. The number of carbonyl (C=O) groups excluding carboxylic acids is 1. The predicted octanol–water partition coefficient (Wildman–Crippen LogP) is 2.54. The highest BCUT2D eigenvalue weighted by Crippen LogP contribution is 2.19. The van der Waals surface area contributed by atoms with Crippen LogP contribution in [-0.4, -0.2) is 6.41 Å². The molecule has 1 rings (SSSR count). The third kappa shape index (κ3) is 2.74. The first kappa shape index (κ1) is 10.1. The summed E-state index contributed by atoms with van der Waals surface area (Å²) in [6.07, 6.45) is 1.58. The van der Waals surface area contributed by atoms with Gasteiger partial charge in [-0.1, -0.05) is 30.7 Å². The van der Waals surface area contributed by atoms with Gasteiger partial charge in [0.2, 0.25) is 6.41 Å². The summed E-state index contributed by atoms with van der Waals surface area (Å²) >= 11 is 5.83. The summed E-state index contributed by atoms with van der Waals surface area (Å²) in [5.41, 5.74) is 1.04. The number of halogens is 1. The summed E-state index contributed by atoms with van der Waals surface area (Å²) in [5.74, 6) is 0. The normalized spacial score (nSPS) is 12.2. The van der Waals surface area contributed by atoms with Crippen LogP contribution in [0, 0.1) is 0 Å². The summed E-state index contributed by atoms with van der Waals surface area (Å²) in [6.45, 7) is 2.02. The Labute approximate surface area is 82.9 Å². The lowest BCUT2D eigenvalue weighted by atomic mass is 10.1. The molecule has 1 N–H and O–H groups in total. The van der Waals surface area contributed by atoms with E-state index >= 15 is 0 Å². The van der Waals surface area contributed by atoms with Crippen molar-refractivity contribution in [3.63, 3.8) is 0 Å². The van der Waals surface area contributed by atoms with Crippen LogP contribution in [-0.2, 0) is 4.79 Å². The maximum atomic E-state index is 10.3. The Balaban J connectivity index is 2.84. The van der Waals surface area contributed by atoms with Crippen LogP contribution in [0.25, 0.3) is 0 Å². The van der Waals surface area contributed by atoms with E-state index in [-0.39, 0.29) is 6.04 Å². The molecule has 3 heteroatoms. The maximum absolute atomic E-state index is 10.3. The molecule has 1 amide bonds. The van der Waals surface area contributed by atoms with Crippen LogP contribution in [0.15, 0.2) is 24.3 Å². The van der Waals surface area contributed by atoms with Crippen LogP contribution in [0.3, 0.4) is 0 Å². The van der Waals surface area contributed by atoms with Crippen molar-refractivity contribution in [1.29, 1.82) is 0 Å². The number of rotatable bonds is 4. The van der Waals surface area contributed by atoms with Crippen molar-refractivity contribution in [3.05, 3.63) is 34.9 Å². The zero-order valence-electron chi connectivity index (χ0n) is 7.46. The summed E-state index contributed by atoms with van der Waals surface area (Å²) in [6, 6.07) is 7.59. The molecule has 1 unspecified atom stereocenters. The van der Waals surface area contributed by atoms with E-state index in [1.54, 1.807) is 0 Å². The lowest BCUT2D eigenvalue weighted by Gasteiger charge is -2.13. The Morgan fingerprint density at radius 3 is 2.92 bits per heavy atom. The van der Waals surface area contributed by atoms with Crippen molar-refractivity contribution in [1.82, 2.24) is 5.32 Å². The summed E-state index contributed by atoms with van der Waals surface area (Å²) in [5, 5.41) is 3.43. The lowest BCUT2D eigenvalue weighted by Crippen LogP contribution is -2.18. The SMILES string of the molecule is CCC(NC=O)c1cccc(Cl)c1. The van der Waals surface area contributed by atoms with Gasteiger partial charge < -0.3 is 5.32 Å². The van der Waals surface area contributed by atoms with Gasteiger partial charge in [-0.25, -0.2) is 0 Å². The maximum Gasteiger partial charge on any atom is 0.207 e. The van der Waals surface area contributed by atoms with Gasteiger partial charge in [-0.05, 0) is 24.1 Å². The summed E-state index contributed by atoms with van der Waals surface area (Å²) in [4.78, 5) is 10.3. The second-order valence-electron chi connectivity index (χ2n) is 2.80. The van der Waals surface area contributed by atoms with Crippen molar-refractivity contribution in [2.24, 2.45) is 0 Å². The van der Waals surface area contributed by atoms with Gasteiger partial charge in [0.15, 0.2) is 0 Å². The molecule has 0 aliphatic rings. The average molecular weight is 198 g/mol. The first-order valence-electron chi connectivity index (χ1n) is 4.23. The second-order valence-corrected chi connectivity index (χ2v) is 3.24. The quantitative estimate of drug-likeness (QED) is 0.739. The molecule has 0 saturated carbocycles. The molecule has 0 fully saturated rings. The van der Waals surface area contributed by atoms with Gasteiger partial charge in [0.1, 0.15) is 0 Å². The number of carbonyl (C=O) groups is 1. The van der Waals surface area contributed by atoms with Crippen molar-refractivity contribution in [2.45, 2.75) is 19.4 Å². The van der Waals surface area contributed by atoms with E-state index in [1.165, 1.54) is 0 Å². The average Bonchev–Trinajstić information content (AvgIpc) is 2.14. The molecule has 0 saturated heterocycles. The van der Waals surface area contributed by atoms with Gasteiger partial charge in [-0.3, -0.25) is 4.79 Å². The van der Waals surface area contributed by atoms with Gasteiger partial charge in [0, 0.05) is 5.02 Å². The standard InChI is InChI=1S/C10H12ClNO/c1-2-10(12-7-13)8-4-3-5-9(11)6-8/h3-7,10H,2H2,1H3,(H,12,13). The molecular formula is C10H12ClNO. The molecule has 1 aromatic carbocycles. The van der Waals surface area contributed by atoms with Crippen LogP contribution < -0.4 is 5.32 Å². The minimum Gasteiger partial charge on any atom is -0.352 e. The monoisotopic (exact) mass is 197 g/mol. The molecule has 1 atom stereocenters. The Morgan fingerprint density at radius 2 is 2.38 bits per heavy atom. The van der Waals surface area contributed by atoms with Crippen LogP contribution in [0.5, 0.6) is 0 Å². The van der Waals surface area contributed by atoms with E-state index in [2.05, 4.69) is 5.32 Å². The number of hydrogen-bond donors (Lipinski definition) is 1. The van der Waals surface area contributed by atoms with E-state index in [0.29, 0.717) is 5.02 Å². The molecule has 0 bridgehead atoms. The van der Waals surface area contributed by atoms with Crippen molar-refractivity contribution in [3.8, 4) is 0 Å². The summed E-state index contributed by atoms with van der Waals surface area (Å²) < 4.78 is 0. The van der Waals surface area contributed by atoms with E-state index in [1.807, 2.05) is 31.2 Å². The second kappa shape index (κ2) is 4.87. The number of benzene rings is 1. The van der Waals surface area contributed by atoms with E-state index in [4.69, 9.17) is 11.6 Å². The highest BCUT2D eigenvalue weighted by Gasteiger charge is 2.06. The number of hydrogen-bond acceptors (Lipinski definition) is 1. The fraction of sp³-hybridized carbons (Fsp3) is 0.300. The molecule has 70 valence electrons. The Bertz CT molecular complexity index is 288. The topological polar surface area (TPSA) is 29.1 Å². The van der Waals surface area contributed by atoms with Crippen LogP contribution in [0.4, 0.5) is 0 Å². The van der Waals surface area contributed by atoms with Gasteiger partial charge in [0.05, 0.1) is 6.04 Å². The zero-order chi connectivity index (χ0) is 9.68. The van der Waals surface area contributed by atoms with E-state index in [9.17, 15) is 4.79 Å². The zero-order valence-corrected chi connectivity index (χ0v) is 8.21. The first-order chi connectivity index (χ1) is 6.27. The molecular weight excluding hydrogens is 186 g/mol. The molecule has 0 aliphatic carbocycles. The van der Waals surface area contributed by atoms with Gasteiger partial charge in [0.25, 0.3) is 0 Å². The van der Waals surface area contributed by atoms with Crippen molar-refractivity contribution < 1.29 is 4.79 Å². The largest absolute Gasteiger partial charge is 0.352 e. The highest BCUT2D eigenvalue weighted by molar-refractivity contribution is 6.30. The van der Waals surface area contributed by atoms with E-state index in [0.717, 1.165) is 18.4 Å². The number of nitrogens with one attached hydrogen (secondary N) is 1. The molecule has 0 spiro atoms. The third-order valence-electron chi connectivity index (χ3n) is 1.93. The highest BCUT2D eigenvalue weighted by atomic mass is 35.5. The molecule has 0 aliphatic heterocycles. The van der Waals surface area contributed by atoms with Crippen LogP contribution in [0.1, 0.15) is 24.9 Å². The first-order valence-corrected chi connectivity index (χ1v) is 4.61. The summed E-state index contributed by atoms with van der Waals surface area (Å²) in [7, 11) is 0. The van der Waals surface area contributed by atoms with E-state index < -0.39 is 0 Å². The fourth-order valence-electron chi connectivity index (χ4n) is 1.26. The molecule has 0 heterocycles. The molecule has 1 aromatic rings. The Kier molecular flexibility index (Phi) is 3.77. The number of amides is 1. The molecule has 0 aromatic heterocycles. The minimum absolute atomic E-state index is 0.0659. The molecule has 13 heavy (non-hydrogen) atoms. The minimum atomic E-state index is 0.0659. The fourth-order valence-corrected chi connectivity index (χ4v) is 1.45. The molecule has 2 nitrogen and oxygen atoms in total. The van der Waals surface area contributed by atoms with Gasteiger partial charge in [-0.2, -0.15) is 0 Å². The van der Waals surface area contributed by atoms with Gasteiger partial charge in [-0.15, -0.1) is 0 Å². The lowest BCUT2D eigenvalue weighted by molar-refractivity contribution is -0.110. The Hall–Kier alpha value is -1.02. The van der Waals surface area contributed by atoms with Crippen molar-refractivity contribution in [2.75, 3.05) is 0 Å². The van der Waals surface area contributed by atoms with Crippen LogP contribution >= 0.6 is 11.6 Å². The third-order valence-corrected chi connectivity index (χ3v) is 2.16. The van der Waals surface area contributed by atoms with Gasteiger partial charge >= 0.3 is 0 Å². The van der Waals surface area contributed by atoms with Crippen molar-refractivity contribution >= 4 is 18.0 Å². The Morgan fingerprint density at radius 1 is 1.62 bits per heavy atom.